The third-order valence-electron chi connectivity index (χ3n) is 4.95. The highest BCUT2D eigenvalue weighted by molar-refractivity contribution is 6.31. The Hall–Kier alpha value is -2.34. The van der Waals surface area contributed by atoms with Gasteiger partial charge in [-0.25, -0.2) is 4.79 Å². The standard InChI is InChI=1S/C19H22ClN3O3/c1-12-15(18(25)22-19(26)21-12)8-9-17(24)23-10-4-6-14(23)11-13-5-2-3-7-16(13)20/h2-3,5,7,14H,4,6,8-11H2,1H3,(H2,21,22,25,26). The van der Waals surface area contributed by atoms with Gasteiger partial charge < -0.3 is 9.88 Å². The molecule has 7 heteroatoms. The van der Waals surface area contributed by atoms with Crippen LogP contribution in [0.3, 0.4) is 0 Å². The minimum atomic E-state index is -0.526. The molecule has 1 fully saturated rings. The molecule has 0 radical (unpaired) electrons. The molecule has 1 amide bonds. The molecule has 1 aliphatic rings. The van der Waals surface area contributed by atoms with E-state index in [4.69, 9.17) is 11.6 Å². The predicted molar refractivity (Wildman–Crippen MR) is 101 cm³/mol. The Morgan fingerprint density at radius 3 is 2.77 bits per heavy atom. The molecule has 1 aliphatic heterocycles. The highest BCUT2D eigenvalue weighted by Crippen LogP contribution is 2.25. The number of benzene rings is 1. The third kappa shape index (κ3) is 4.07. The fourth-order valence-corrected chi connectivity index (χ4v) is 3.81. The van der Waals surface area contributed by atoms with Gasteiger partial charge in [0.1, 0.15) is 0 Å². The first-order chi connectivity index (χ1) is 12.5. The van der Waals surface area contributed by atoms with Crippen LogP contribution in [0.5, 0.6) is 0 Å². The number of aromatic nitrogens is 2. The summed E-state index contributed by atoms with van der Waals surface area (Å²) >= 11 is 6.25. The number of aryl methyl sites for hydroxylation is 1. The van der Waals surface area contributed by atoms with E-state index in [2.05, 4.69) is 9.97 Å². The zero-order valence-corrected chi connectivity index (χ0v) is 15.4. The van der Waals surface area contributed by atoms with Gasteiger partial charge in [-0.15, -0.1) is 0 Å². The average molecular weight is 376 g/mol. The minimum absolute atomic E-state index is 0.0320. The van der Waals surface area contributed by atoms with Crippen molar-refractivity contribution in [3.05, 3.63) is 66.9 Å². The van der Waals surface area contributed by atoms with Crippen LogP contribution in [0.25, 0.3) is 0 Å². The summed E-state index contributed by atoms with van der Waals surface area (Å²) in [6.45, 7) is 2.40. The van der Waals surface area contributed by atoms with Gasteiger partial charge in [0.15, 0.2) is 0 Å². The molecule has 6 nitrogen and oxygen atoms in total. The Labute approximate surface area is 156 Å². The fourth-order valence-electron chi connectivity index (χ4n) is 3.60. The molecule has 26 heavy (non-hydrogen) atoms. The van der Waals surface area contributed by atoms with Gasteiger partial charge in [-0.2, -0.15) is 0 Å². The number of rotatable bonds is 5. The molecule has 2 aromatic rings. The van der Waals surface area contributed by atoms with Crippen molar-refractivity contribution in [3.63, 3.8) is 0 Å². The van der Waals surface area contributed by atoms with E-state index in [0.717, 1.165) is 36.4 Å². The van der Waals surface area contributed by atoms with Gasteiger partial charge >= 0.3 is 5.69 Å². The van der Waals surface area contributed by atoms with Crippen molar-refractivity contribution in [3.8, 4) is 0 Å². The number of hydrogen-bond donors (Lipinski definition) is 2. The summed E-state index contributed by atoms with van der Waals surface area (Å²) in [6.07, 6.45) is 3.22. The van der Waals surface area contributed by atoms with Gasteiger partial charge in [-0.1, -0.05) is 29.8 Å². The number of aromatic amines is 2. The third-order valence-corrected chi connectivity index (χ3v) is 5.32. The molecular formula is C19H22ClN3O3. The predicted octanol–water partition coefficient (Wildman–Crippen LogP) is 2.19. The lowest BCUT2D eigenvalue weighted by Crippen LogP contribution is -2.37. The fraction of sp³-hybridized carbons (Fsp3) is 0.421. The molecule has 0 aliphatic carbocycles. The van der Waals surface area contributed by atoms with Gasteiger partial charge in [0.25, 0.3) is 5.56 Å². The maximum Gasteiger partial charge on any atom is 0.325 e. The van der Waals surface area contributed by atoms with Crippen LogP contribution in [-0.4, -0.2) is 33.4 Å². The largest absolute Gasteiger partial charge is 0.339 e. The number of amides is 1. The lowest BCUT2D eigenvalue weighted by atomic mass is 10.0. The molecule has 0 saturated carbocycles. The van der Waals surface area contributed by atoms with E-state index in [9.17, 15) is 14.4 Å². The van der Waals surface area contributed by atoms with Gasteiger partial charge in [-0.3, -0.25) is 14.6 Å². The second-order valence-electron chi connectivity index (χ2n) is 6.69. The van der Waals surface area contributed by atoms with E-state index in [-0.39, 0.29) is 18.4 Å². The van der Waals surface area contributed by atoms with E-state index in [1.54, 1.807) is 6.92 Å². The second kappa shape index (κ2) is 7.91. The lowest BCUT2D eigenvalue weighted by Gasteiger charge is -2.25. The molecule has 0 spiro atoms. The molecule has 1 aromatic carbocycles. The first-order valence-electron chi connectivity index (χ1n) is 8.80. The van der Waals surface area contributed by atoms with Crippen molar-refractivity contribution in [1.29, 1.82) is 0 Å². The van der Waals surface area contributed by atoms with Crippen LogP contribution in [0.1, 0.15) is 36.1 Å². The smallest absolute Gasteiger partial charge is 0.325 e. The second-order valence-corrected chi connectivity index (χ2v) is 7.10. The quantitative estimate of drug-likeness (QED) is 0.839. The average Bonchev–Trinajstić information content (AvgIpc) is 3.04. The molecule has 1 saturated heterocycles. The minimum Gasteiger partial charge on any atom is -0.339 e. The van der Waals surface area contributed by atoms with Gasteiger partial charge in [-0.05, 0) is 44.2 Å². The lowest BCUT2D eigenvalue weighted by molar-refractivity contribution is -0.131. The highest BCUT2D eigenvalue weighted by atomic mass is 35.5. The number of carbonyl (C=O) groups is 1. The number of H-pyrrole nitrogens is 2. The number of nitrogens with zero attached hydrogens (tertiary/aromatic N) is 1. The van der Waals surface area contributed by atoms with Crippen LogP contribution < -0.4 is 11.2 Å². The van der Waals surface area contributed by atoms with Crippen LogP contribution >= 0.6 is 11.6 Å². The summed E-state index contributed by atoms with van der Waals surface area (Å²) in [5.41, 5.74) is 1.07. The van der Waals surface area contributed by atoms with E-state index in [1.807, 2.05) is 29.2 Å². The first-order valence-corrected chi connectivity index (χ1v) is 9.18. The topological polar surface area (TPSA) is 86.0 Å². The van der Waals surface area contributed by atoms with Crippen molar-refractivity contribution in [2.75, 3.05) is 6.54 Å². The zero-order valence-electron chi connectivity index (χ0n) is 14.7. The monoisotopic (exact) mass is 375 g/mol. The Morgan fingerprint density at radius 1 is 1.27 bits per heavy atom. The van der Waals surface area contributed by atoms with Crippen molar-refractivity contribution < 1.29 is 4.79 Å². The first kappa shape index (κ1) is 18.5. The molecule has 138 valence electrons. The summed E-state index contributed by atoms with van der Waals surface area (Å²) in [5.74, 6) is 0.0320. The summed E-state index contributed by atoms with van der Waals surface area (Å²) < 4.78 is 0. The van der Waals surface area contributed by atoms with E-state index >= 15 is 0 Å². The van der Waals surface area contributed by atoms with E-state index in [0.29, 0.717) is 17.7 Å². The molecule has 1 unspecified atom stereocenters. The Bertz CT molecular complexity index is 919. The van der Waals surface area contributed by atoms with Crippen molar-refractivity contribution in [2.24, 2.45) is 0 Å². The van der Waals surface area contributed by atoms with Crippen LogP contribution in [0.15, 0.2) is 33.9 Å². The van der Waals surface area contributed by atoms with Gasteiger partial charge in [0.05, 0.1) is 0 Å². The molecule has 1 atom stereocenters. The summed E-state index contributed by atoms with van der Waals surface area (Å²) in [7, 11) is 0. The van der Waals surface area contributed by atoms with Crippen molar-refractivity contribution >= 4 is 17.5 Å². The van der Waals surface area contributed by atoms with Gasteiger partial charge in [0, 0.05) is 35.3 Å². The van der Waals surface area contributed by atoms with Crippen LogP contribution in [0.4, 0.5) is 0 Å². The molecule has 3 rings (SSSR count). The number of halogens is 1. The summed E-state index contributed by atoms with van der Waals surface area (Å²) in [6, 6.07) is 7.84. The van der Waals surface area contributed by atoms with Crippen LogP contribution in [-0.2, 0) is 17.6 Å². The van der Waals surface area contributed by atoms with Crippen LogP contribution in [0, 0.1) is 6.92 Å². The van der Waals surface area contributed by atoms with Gasteiger partial charge in [0.2, 0.25) is 5.91 Å². The summed E-state index contributed by atoms with van der Waals surface area (Å²) in [5, 5.41) is 0.724. The highest BCUT2D eigenvalue weighted by Gasteiger charge is 2.29. The molecule has 2 N–H and O–H groups in total. The Kier molecular flexibility index (Phi) is 5.61. The normalized spacial score (nSPS) is 16.8. The zero-order chi connectivity index (χ0) is 18.7. The molecule has 1 aromatic heterocycles. The van der Waals surface area contributed by atoms with Crippen molar-refractivity contribution in [1.82, 2.24) is 14.9 Å². The number of nitrogens with one attached hydrogen (secondary N) is 2. The van der Waals surface area contributed by atoms with Crippen molar-refractivity contribution in [2.45, 2.75) is 45.1 Å². The maximum absolute atomic E-state index is 12.7. The van der Waals surface area contributed by atoms with Crippen LogP contribution in [0.2, 0.25) is 5.02 Å². The number of hydrogen-bond acceptors (Lipinski definition) is 3. The number of carbonyl (C=O) groups excluding carboxylic acids is 1. The Morgan fingerprint density at radius 2 is 2.04 bits per heavy atom. The number of likely N-dealkylation sites (tertiary alicyclic amines) is 1. The maximum atomic E-state index is 12.7. The Balaban J connectivity index is 1.66. The SMILES string of the molecule is Cc1[nH]c(=O)[nH]c(=O)c1CCC(=O)N1CCCC1Cc1ccccc1Cl. The summed E-state index contributed by atoms with van der Waals surface area (Å²) in [4.78, 5) is 42.6. The molecule has 2 heterocycles. The molecular weight excluding hydrogens is 354 g/mol. The van der Waals surface area contributed by atoms with E-state index < -0.39 is 11.2 Å². The van der Waals surface area contributed by atoms with E-state index in [1.165, 1.54) is 0 Å². The molecule has 0 bridgehead atoms.